The zero-order chi connectivity index (χ0) is 11.5. The van der Waals surface area contributed by atoms with Gasteiger partial charge in [0, 0.05) is 11.8 Å². The van der Waals surface area contributed by atoms with Crippen LogP contribution in [0.4, 0.5) is 0 Å². The molecule has 0 atom stereocenters. The standard InChI is InChI=1S/C13H12ClNO/c1-9-5-3-4-6-10(9)11-7-8-15-13(14)12(11)16-2/h3-8H,1-2H3. The summed E-state index contributed by atoms with van der Waals surface area (Å²) >= 11 is 6.00. The van der Waals surface area contributed by atoms with Crippen LogP contribution in [0.1, 0.15) is 5.56 Å². The molecule has 0 N–H and O–H groups in total. The summed E-state index contributed by atoms with van der Waals surface area (Å²) in [5.74, 6) is 0.624. The number of methoxy groups -OCH3 is 1. The molecule has 1 aromatic carbocycles. The van der Waals surface area contributed by atoms with E-state index in [1.54, 1.807) is 13.3 Å². The van der Waals surface area contributed by atoms with Crippen LogP contribution in [-0.4, -0.2) is 12.1 Å². The van der Waals surface area contributed by atoms with Crippen molar-refractivity contribution in [3.05, 3.63) is 47.2 Å². The fourth-order valence-electron chi connectivity index (χ4n) is 1.70. The number of hydrogen-bond donors (Lipinski definition) is 0. The van der Waals surface area contributed by atoms with E-state index < -0.39 is 0 Å². The maximum Gasteiger partial charge on any atom is 0.171 e. The summed E-state index contributed by atoms with van der Waals surface area (Å²) in [4.78, 5) is 4.01. The Morgan fingerprint density at radius 3 is 2.56 bits per heavy atom. The molecule has 3 heteroatoms. The average Bonchev–Trinajstić information content (AvgIpc) is 2.29. The third-order valence-electron chi connectivity index (χ3n) is 2.50. The third kappa shape index (κ3) is 1.89. The molecule has 0 spiro atoms. The van der Waals surface area contributed by atoms with E-state index in [1.165, 1.54) is 5.56 Å². The maximum absolute atomic E-state index is 6.00. The summed E-state index contributed by atoms with van der Waals surface area (Å²) in [6, 6.07) is 10.0. The summed E-state index contributed by atoms with van der Waals surface area (Å²) in [7, 11) is 1.60. The molecule has 0 amide bonds. The highest BCUT2D eigenvalue weighted by Gasteiger charge is 2.11. The molecule has 0 aliphatic carbocycles. The van der Waals surface area contributed by atoms with Gasteiger partial charge < -0.3 is 4.74 Å². The molecule has 0 saturated heterocycles. The molecule has 0 unspecified atom stereocenters. The first-order valence-corrected chi connectivity index (χ1v) is 5.36. The first kappa shape index (κ1) is 11.0. The number of pyridine rings is 1. The zero-order valence-electron chi connectivity index (χ0n) is 9.20. The Balaban J connectivity index is 2.65. The Morgan fingerprint density at radius 2 is 1.88 bits per heavy atom. The number of aryl methyl sites for hydroxylation is 1. The van der Waals surface area contributed by atoms with Gasteiger partial charge >= 0.3 is 0 Å². The summed E-state index contributed by atoms with van der Waals surface area (Å²) in [6.07, 6.45) is 1.69. The molecule has 2 aromatic rings. The quantitative estimate of drug-likeness (QED) is 0.738. The molecular weight excluding hydrogens is 222 g/mol. The van der Waals surface area contributed by atoms with Crippen molar-refractivity contribution in [2.75, 3.05) is 7.11 Å². The first-order chi connectivity index (χ1) is 7.74. The van der Waals surface area contributed by atoms with Crippen molar-refractivity contribution in [1.29, 1.82) is 0 Å². The minimum Gasteiger partial charge on any atom is -0.493 e. The van der Waals surface area contributed by atoms with Gasteiger partial charge in [-0.05, 0) is 24.1 Å². The number of benzene rings is 1. The van der Waals surface area contributed by atoms with Crippen LogP contribution in [0.3, 0.4) is 0 Å². The largest absolute Gasteiger partial charge is 0.493 e. The SMILES string of the molecule is COc1c(-c2ccccc2C)ccnc1Cl. The van der Waals surface area contributed by atoms with E-state index in [-0.39, 0.29) is 0 Å². The molecule has 0 radical (unpaired) electrons. The van der Waals surface area contributed by atoms with Crippen LogP contribution >= 0.6 is 11.6 Å². The van der Waals surface area contributed by atoms with Crippen molar-refractivity contribution in [1.82, 2.24) is 4.98 Å². The highest BCUT2D eigenvalue weighted by molar-refractivity contribution is 6.31. The van der Waals surface area contributed by atoms with E-state index >= 15 is 0 Å². The lowest BCUT2D eigenvalue weighted by Crippen LogP contribution is -1.92. The number of aromatic nitrogens is 1. The molecule has 0 aliphatic rings. The fraction of sp³-hybridized carbons (Fsp3) is 0.154. The second kappa shape index (κ2) is 4.54. The summed E-state index contributed by atoms with van der Waals surface area (Å²) in [5, 5.41) is 0.392. The van der Waals surface area contributed by atoms with E-state index in [0.29, 0.717) is 10.9 Å². The normalized spacial score (nSPS) is 10.2. The Kier molecular flexibility index (Phi) is 3.11. The minimum absolute atomic E-state index is 0.392. The highest BCUT2D eigenvalue weighted by Crippen LogP contribution is 2.35. The minimum atomic E-state index is 0.392. The Hall–Kier alpha value is -1.54. The van der Waals surface area contributed by atoms with Crippen LogP contribution in [0.25, 0.3) is 11.1 Å². The number of halogens is 1. The van der Waals surface area contributed by atoms with Gasteiger partial charge in [0.25, 0.3) is 0 Å². The lowest BCUT2D eigenvalue weighted by Gasteiger charge is -2.11. The van der Waals surface area contributed by atoms with Crippen LogP contribution in [0, 0.1) is 6.92 Å². The van der Waals surface area contributed by atoms with Crippen LogP contribution in [0.2, 0.25) is 5.15 Å². The summed E-state index contributed by atoms with van der Waals surface area (Å²) in [5.41, 5.74) is 3.27. The Labute approximate surface area is 99.9 Å². The van der Waals surface area contributed by atoms with Gasteiger partial charge in [-0.2, -0.15) is 0 Å². The lowest BCUT2D eigenvalue weighted by atomic mass is 10.0. The molecule has 0 aliphatic heterocycles. The lowest BCUT2D eigenvalue weighted by molar-refractivity contribution is 0.415. The van der Waals surface area contributed by atoms with E-state index in [4.69, 9.17) is 16.3 Å². The van der Waals surface area contributed by atoms with Crippen LogP contribution < -0.4 is 4.74 Å². The second-order valence-corrected chi connectivity index (χ2v) is 3.86. The van der Waals surface area contributed by atoms with E-state index in [1.807, 2.05) is 24.3 Å². The zero-order valence-corrected chi connectivity index (χ0v) is 9.95. The molecule has 0 saturated carbocycles. The average molecular weight is 234 g/mol. The predicted molar refractivity (Wildman–Crippen MR) is 66.0 cm³/mol. The van der Waals surface area contributed by atoms with Crippen molar-refractivity contribution < 1.29 is 4.74 Å². The van der Waals surface area contributed by atoms with Gasteiger partial charge in [0.15, 0.2) is 10.9 Å². The second-order valence-electron chi connectivity index (χ2n) is 3.50. The van der Waals surface area contributed by atoms with Crippen molar-refractivity contribution >= 4 is 11.6 Å². The maximum atomic E-state index is 6.00. The number of hydrogen-bond acceptors (Lipinski definition) is 2. The van der Waals surface area contributed by atoms with Gasteiger partial charge in [-0.3, -0.25) is 0 Å². The monoisotopic (exact) mass is 233 g/mol. The molecule has 2 nitrogen and oxygen atoms in total. The molecule has 16 heavy (non-hydrogen) atoms. The Bertz CT molecular complexity index is 511. The molecular formula is C13H12ClNO. The molecule has 2 rings (SSSR count). The Morgan fingerprint density at radius 1 is 1.12 bits per heavy atom. The van der Waals surface area contributed by atoms with Gasteiger partial charge in [-0.1, -0.05) is 35.9 Å². The van der Waals surface area contributed by atoms with Crippen LogP contribution in [-0.2, 0) is 0 Å². The van der Waals surface area contributed by atoms with E-state index in [2.05, 4.69) is 18.0 Å². The topological polar surface area (TPSA) is 22.1 Å². The van der Waals surface area contributed by atoms with Crippen molar-refractivity contribution in [2.45, 2.75) is 6.92 Å². The number of nitrogens with zero attached hydrogens (tertiary/aromatic N) is 1. The first-order valence-electron chi connectivity index (χ1n) is 4.98. The molecule has 1 aromatic heterocycles. The third-order valence-corrected chi connectivity index (χ3v) is 2.77. The highest BCUT2D eigenvalue weighted by atomic mass is 35.5. The van der Waals surface area contributed by atoms with E-state index in [0.717, 1.165) is 11.1 Å². The summed E-state index contributed by atoms with van der Waals surface area (Å²) < 4.78 is 5.29. The molecule has 0 fully saturated rings. The van der Waals surface area contributed by atoms with Gasteiger partial charge in [-0.15, -0.1) is 0 Å². The molecule has 0 bridgehead atoms. The smallest absolute Gasteiger partial charge is 0.171 e. The van der Waals surface area contributed by atoms with Crippen molar-refractivity contribution in [3.8, 4) is 16.9 Å². The fourth-order valence-corrected chi connectivity index (χ4v) is 1.94. The molecule has 82 valence electrons. The van der Waals surface area contributed by atoms with Gasteiger partial charge in [-0.25, -0.2) is 4.98 Å². The predicted octanol–water partition coefficient (Wildman–Crippen LogP) is 3.72. The van der Waals surface area contributed by atoms with Crippen LogP contribution in [0.15, 0.2) is 36.5 Å². The molecule has 1 heterocycles. The van der Waals surface area contributed by atoms with Gasteiger partial charge in [0.2, 0.25) is 0 Å². The van der Waals surface area contributed by atoms with E-state index in [9.17, 15) is 0 Å². The van der Waals surface area contributed by atoms with Gasteiger partial charge in [0.05, 0.1) is 7.11 Å². The number of ether oxygens (including phenoxy) is 1. The number of rotatable bonds is 2. The van der Waals surface area contributed by atoms with Gasteiger partial charge in [0.1, 0.15) is 0 Å². The van der Waals surface area contributed by atoms with Crippen LogP contribution in [0.5, 0.6) is 5.75 Å². The summed E-state index contributed by atoms with van der Waals surface area (Å²) in [6.45, 7) is 2.06. The van der Waals surface area contributed by atoms with Crippen molar-refractivity contribution in [2.24, 2.45) is 0 Å². The van der Waals surface area contributed by atoms with Crippen molar-refractivity contribution in [3.63, 3.8) is 0 Å².